The van der Waals surface area contributed by atoms with Gasteiger partial charge in [-0.15, -0.1) is 12.4 Å². The van der Waals surface area contributed by atoms with Crippen molar-refractivity contribution >= 4 is 47.2 Å². The molecule has 1 aromatic carbocycles. The van der Waals surface area contributed by atoms with Gasteiger partial charge in [-0.3, -0.25) is 14.2 Å². The van der Waals surface area contributed by atoms with Crippen LogP contribution in [-0.4, -0.2) is 20.4 Å². The standard InChI is InChI=1S/C19H14ClFN6O2.ClH/c20-12-6-13(25-15-7-14(22)23-8-24-15)18(29)27-16(12)17(28)26-19(27)4-3-9-1-2-10(21)5-11(9)19;/h1-2,5-8H,3-4H2,(H,26,28)(H3,22,23,24,25);1H. The average Bonchev–Trinajstić information content (AvgIpc) is 3.18. The van der Waals surface area contributed by atoms with Crippen LogP contribution in [0.5, 0.6) is 0 Å². The van der Waals surface area contributed by atoms with E-state index in [1.807, 2.05) is 0 Å². The van der Waals surface area contributed by atoms with E-state index in [1.54, 1.807) is 6.07 Å². The molecule has 1 amide bonds. The second-order valence-electron chi connectivity index (χ2n) is 6.96. The maximum atomic E-state index is 14.0. The van der Waals surface area contributed by atoms with E-state index < -0.39 is 22.9 Å². The van der Waals surface area contributed by atoms with E-state index in [1.165, 1.54) is 35.2 Å². The average molecular weight is 449 g/mol. The normalized spacial score (nSPS) is 18.5. The molecule has 2 aromatic heterocycles. The summed E-state index contributed by atoms with van der Waals surface area (Å²) in [5, 5.41) is 5.83. The molecule has 3 heterocycles. The van der Waals surface area contributed by atoms with Crippen molar-refractivity contribution < 1.29 is 9.18 Å². The molecule has 1 aliphatic carbocycles. The number of hydrogen-bond donors (Lipinski definition) is 3. The van der Waals surface area contributed by atoms with Crippen molar-refractivity contribution in [3.8, 4) is 0 Å². The van der Waals surface area contributed by atoms with Crippen molar-refractivity contribution in [2.24, 2.45) is 0 Å². The molecule has 4 N–H and O–H groups in total. The predicted molar refractivity (Wildman–Crippen MR) is 112 cm³/mol. The Kier molecular flexibility index (Phi) is 4.67. The Balaban J connectivity index is 0.00000218. The van der Waals surface area contributed by atoms with Gasteiger partial charge < -0.3 is 16.4 Å². The number of carbonyl (C=O) groups excluding carboxylic acids is 1. The molecular weight excluding hydrogens is 434 g/mol. The van der Waals surface area contributed by atoms with Crippen molar-refractivity contribution in [2.75, 3.05) is 11.1 Å². The summed E-state index contributed by atoms with van der Waals surface area (Å²) in [7, 11) is 0. The lowest BCUT2D eigenvalue weighted by Gasteiger charge is -2.28. The summed E-state index contributed by atoms with van der Waals surface area (Å²) in [5.41, 5.74) is 5.55. The van der Waals surface area contributed by atoms with Crippen molar-refractivity contribution in [1.29, 1.82) is 0 Å². The molecule has 1 aliphatic heterocycles. The highest BCUT2D eigenvalue weighted by molar-refractivity contribution is 6.34. The first kappa shape index (κ1) is 20.1. The smallest absolute Gasteiger partial charge is 0.277 e. The third-order valence-electron chi connectivity index (χ3n) is 5.30. The lowest BCUT2D eigenvalue weighted by atomic mass is 10.0. The zero-order valence-electron chi connectivity index (χ0n) is 15.3. The van der Waals surface area contributed by atoms with Crippen molar-refractivity contribution in [3.63, 3.8) is 0 Å². The first-order valence-corrected chi connectivity index (χ1v) is 9.19. The minimum Gasteiger partial charge on any atom is -0.384 e. The zero-order chi connectivity index (χ0) is 20.3. The number of pyridine rings is 1. The van der Waals surface area contributed by atoms with Gasteiger partial charge in [-0.2, -0.15) is 0 Å². The largest absolute Gasteiger partial charge is 0.384 e. The summed E-state index contributed by atoms with van der Waals surface area (Å²) in [6.07, 6.45) is 2.25. The van der Waals surface area contributed by atoms with E-state index in [0.717, 1.165) is 5.56 Å². The van der Waals surface area contributed by atoms with Crippen molar-refractivity contribution in [1.82, 2.24) is 19.9 Å². The van der Waals surface area contributed by atoms with Crippen LogP contribution in [0.1, 0.15) is 28.0 Å². The number of nitrogen functional groups attached to an aromatic ring is 1. The number of aromatic nitrogens is 3. The fraction of sp³-hybridized carbons (Fsp3) is 0.158. The summed E-state index contributed by atoms with van der Waals surface area (Å²) in [6, 6.07) is 7.22. The Labute approximate surface area is 180 Å². The predicted octanol–water partition coefficient (Wildman–Crippen LogP) is 2.57. The highest BCUT2D eigenvalue weighted by Gasteiger charge is 2.50. The molecule has 0 fully saturated rings. The second kappa shape index (κ2) is 6.96. The number of benzene rings is 1. The zero-order valence-corrected chi connectivity index (χ0v) is 16.9. The topological polar surface area (TPSA) is 115 Å². The maximum absolute atomic E-state index is 14.0. The van der Waals surface area contributed by atoms with Gasteiger partial charge in [-0.05, 0) is 36.6 Å². The molecular formula is C19H15Cl2FN6O2. The molecule has 0 saturated carbocycles. The van der Waals surface area contributed by atoms with Gasteiger partial charge in [0.25, 0.3) is 11.5 Å². The molecule has 2 aliphatic rings. The van der Waals surface area contributed by atoms with Gasteiger partial charge in [0.15, 0.2) is 0 Å². The number of aryl methyl sites for hydroxylation is 1. The highest BCUT2D eigenvalue weighted by atomic mass is 35.5. The minimum atomic E-state index is -1.19. The Bertz CT molecular complexity index is 1260. The molecule has 3 aromatic rings. The fourth-order valence-electron chi connectivity index (χ4n) is 4.10. The summed E-state index contributed by atoms with van der Waals surface area (Å²) in [6.45, 7) is 0. The first-order chi connectivity index (χ1) is 13.9. The molecule has 1 unspecified atom stereocenters. The SMILES string of the molecule is Cl.Nc1cc(Nc2cc(Cl)c3n(c2=O)C2(CCc4ccc(F)cc42)NC3=O)ncn1. The number of halogens is 3. The fourth-order valence-corrected chi connectivity index (χ4v) is 4.37. The van der Waals surface area contributed by atoms with Gasteiger partial charge >= 0.3 is 0 Å². The second-order valence-corrected chi connectivity index (χ2v) is 7.37. The number of nitrogens with zero attached hydrogens (tertiary/aromatic N) is 3. The number of anilines is 3. The van der Waals surface area contributed by atoms with E-state index >= 15 is 0 Å². The number of carbonyl (C=O) groups is 1. The van der Waals surface area contributed by atoms with E-state index in [4.69, 9.17) is 17.3 Å². The van der Waals surface area contributed by atoms with Crippen LogP contribution in [0.2, 0.25) is 5.02 Å². The molecule has 0 radical (unpaired) electrons. The molecule has 30 heavy (non-hydrogen) atoms. The lowest BCUT2D eigenvalue weighted by Crippen LogP contribution is -2.46. The molecule has 0 saturated heterocycles. The van der Waals surface area contributed by atoms with Crippen LogP contribution in [0.25, 0.3) is 0 Å². The molecule has 0 bridgehead atoms. The first-order valence-electron chi connectivity index (χ1n) is 8.81. The lowest BCUT2D eigenvalue weighted by molar-refractivity contribution is 0.0935. The van der Waals surface area contributed by atoms with Gasteiger partial charge in [0.05, 0.1) is 5.02 Å². The monoisotopic (exact) mass is 448 g/mol. The number of fused-ring (bicyclic) bond motifs is 4. The van der Waals surface area contributed by atoms with E-state index in [9.17, 15) is 14.0 Å². The minimum absolute atomic E-state index is 0. The molecule has 1 atom stereocenters. The summed E-state index contributed by atoms with van der Waals surface area (Å²) in [4.78, 5) is 33.9. The van der Waals surface area contributed by atoms with Crippen LogP contribution in [0, 0.1) is 5.82 Å². The third-order valence-corrected chi connectivity index (χ3v) is 5.58. The van der Waals surface area contributed by atoms with E-state index in [-0.39, 0.29) is 34.6 Å². The van der Waals surface area contributed by atoms with Crippen LogP contribution in [-0.2, 0) is 12.1 Å². The van der Waals surface area contributed by atoms with Crippen LogP contribution in [0.3, 0.4) is 0 Å². The Morgan fingerprint density at radius 1 is 1.23 bits per heavy atom. The molecule has 5 rings (SSSR count). The summed E-state index contributed by atoms with van der Waals surface area (Å²) < 4.78 is 15.3. The Hall–Kier alpha value is -3.17. The van der Waals surface area contributed by atoms with E-state index in [0.29, 0.717) is 24.2 Å². The number of amides is 1. The molecule has 154 valence electrons. The van der Waals surface area contributed by atoms with Gasteiger partial charge in [0.1, 0.15) is 40.8 Å². The van der Waals surface area contributed by atoms with Gasteiger partial charge in [0.2, 0.25) is 0 Å². The van der Waals surface area contributed by atoms with Crippen LogP contribution >= 0.6 is 24.0 Å². The number of hydrogen-bond acceptors (Lipinski definition) is 6. The molecule has 8 nitrogen and oxygen atoms in total. The van der Waals surface area contributed by atoms with E-state index in [2.05, 4.69) is 20.6 Å². The molecule has 1 spiro atoms. The summed E-state index contributed by atoms with van der Waals surface area (Å²) >= 11 is 6.37. The number of nitrogens with one attached hydrogen (secondary N) is 2. The van der Waals surface area contributed by atoms with Crippen LogP contribution < -0.4 is 21.9 Å². The Morgan fingerprint density at radius 3 is 2.80 bits per heavy atom. The number of rotatable bonds is 2. The Morgan fingerprint density at radius 2 is 2.03 bits per heavy atom. The highest BCUT2D eigenvalue weighted by Crippen LogP contribution is 2.43. The van der Waals surface area contributed by atoms with Gasteiger partial charge in [-0.1, -0.05) is 17.7 Å². The van der Waals surface area contributed by atoms with Crippen LogP contribution in [0.4, 0.5) is 21.7 Å². The molecule has 11 heteroatoms. The van der Waals surface area contributed by atoms with Crippen molar-refractivity contribution in [2.45, 2.75) is 18.5 Å². The number of nitrogens with two attached hydrogens (primary N) is 1. The van der Waals surface area contributed by atoms with Crippen LogP contribution in [0.15, 0.2) is 41.5 Å². The summed E-state index contributed by atoms with van der Waals surface area (Å²) in [5.74, 6) is -0.404. The van der Waals surface area contributed by atoms with Crippen molar-refractivity contribution in [3.05, 3.63) is 74.7 Å². The third kappa shape index (κ3) is 2.81. The van der Waals surface area contributed by atoms with Gasteiger partial charge in [-0.25, -0.2) is 14.4 Å². The maximum Gasteiger partial charge on any atom is 0.277 e. The quantitative estimate of drug-likeness (QED) is 0.554. The van der Waals surface area contributed by atoms with Gasteiger partial charge in [0, 0.05) is 11.6 Å².